The van der Waals surface area contributed by atoms with Crippen LogP contribution in [0.2, 0.25) is 0 Å². The lowest BCUT2D eigenvalue weighted by Gasteiger charge is -2.29. The molecule has 1 aromatic carbocycles. The number of nitrogens with one attached hydrogen (secondary N) is 1. The van der Waals surface area contributed by atoms with Crippen molar-refractivity contribution in [2.45, 2.75) is 6.54 Å². The molecule has 0 bridgehead atoms. The van der Waals surface area contributed by atoms with Crippen molar-refractivity contribution in [3.05, 3.63) is 58.7 Å². The summed E-state index contributed by atoms with van der Waals surface area (Å²) in [6, 6.07) is 5.80. The number of allylic oxidation sites excluding steroid dienone is 4. The van der Waals surface area contributed by atoms with Gasteiger partial charge in [0, 0.05) is 27.9 Å². The lowest BCUT2D eigenvalue weighted by molar-refractivity contribution is 0.391. The standard InChI is InChI=1S/C18H19BrN2O2/c1-22-13-7-6-12(17(10-13)23-2)11-21-18-15-4-3-5-16(19)14(15)8-9-20-18/h3-10,14-15H,11H2,1-2H3,(H,20,21). The van der Waals surface area contributed by atoms with Gasteiger partial charge in [-0.3, -0.25) is 4.99 Å². The molecule has 0 amide bonds. The Hall–Kier alpha value is -2.01. The zero-order chi connectivity index (χ0) is 16.2. The number of aliphatic imine (C=N–C) groups is 1. The summed E-state index contributed by atoms with van der Waals surface area (Å²) >= 11 is 3.63. The predicted molar refractivity (Wildman–Crippen MR) is 96.1 cm³/mol. The molecule has 0 radical (unpaired) electrons. The monoisotopic (exact) mass is 374 g/mol. The van der Waals surface area contributed by atoms with E-state index in [1.165, 1.54) is 4.48 Å². The van der Waals surface area contributed by atoms with Crippen LogP contribution in [0.3, 0.4) is 0 Å². The average molecular weight is 375 g/mol. The molecule has 1 aliphatic carbocycles. The number of hydrogen-bond acceptors (Lipinski definition) is 3. The summed E-state index contributed by atoms with van der Waals surface area (Å²) < 4.78 is 11.8. The largest absolute Gasteiger partial charge is 0.497 e. The van der Waals surface area contributed by atoms with Crippen LogP contribution in [0, 0.1) is 11.8 Å². The first kappa shape index (κ1) is 15.9. The van der Waals surface area contributed by atoms with Crippen LogP contribution < -0.4 is 14.8 Å². The molecule has 1 heterocycles. The smallest absolute Gasteiger partial charge is 0.127 e. The van der Waals surface area contributed by atoms with Gasteiger partial charge in [0.25, 0.3) is 0 Å². The van der Waals surface area contributed by atoms with Crippen molar-refractivity contribution >= 4 is 21.8 Å². The molecule has 2 unspecified atom stereocenters. The Morgan fingerprint density at radius 3 is 2.83 bits per heavy atom. The molecule has 0 saturated heterocycles. The molecule has 0 fully saturated rings. The zero-order valence-corrected chi connectivity index (χ0v) is 14.7. The topological polar surface area (TPSA) is 42.8 Å². The number of benzene rings is 1. The summed E-state index contributed by atoms with van der Waals surface area (Å²) in [5.74, 6) is 3.09. The van der Waals surface area contributed by atoms with Crippen molar-refractivity contribution in [2.75, 3.05) is 14.2 Å². The van der Waals surface area contributed by atoms with Crippen LogP contribution in [-0.2, 0) is 6.54 Å². The first-order valence-electron chi connectivity index (χ1n) is 7.45. The third kappa shape index (κ3) is 3.34. The van der Waals surface area contributed by atoms with Gasteiger partial charge in [-0.2, -0.15) is 0 Å². The zero-order valence-electron chi connectivity index (χ0n) is 13.1. The Morgan fingerprint density at radius 2 is 2.04 bits per heavy atom. The van der Waals surface area contributed by atoms with Gasteiger partial charge in [-0.1, -0.05) is 40.2 Å². The molecular formula is C18H19BrN2O2. The maximum Gasteiger partial charge on any atom is 0.127 e. The molecule has 2 aliphatic rings. The highest BCUT2D eigenvalue weighted by molar-refractivity contribution is 9.11. The van der Waals surface area contributed by atoms with Crippen LogP contribution >= 0.6 is 15.9 Å². The van der Waals surface area contributed by atoms with E-state index in [2.05, 4.69) is 45.6 Å². The minimum atomic E-state index is 0.239. The normalized spacial score (nSPS) is 24.0. The minimum Gasteiger partial charge on any atom is -0.497 e. The summed E-state index contributed by atoms with van der Waals surface area (Å²) in [7, 11) is 3.31. The summed E-state index contributed by atoms with van der Waals surface area (Å²) in [6.45, 7) is 0.557. The average Bonchev–Trinajstić information content (AvgIpc) is 2.60. The fraction of sp³-hybridized carbons (Fsp3) is 0.278. The number of hydrogen-bond donors (Lipinski definition) is 1. The van der Waals surface area contributed by atoms with Crippen LogP contribution in [0.1, 0.15) is 5.56 Å². The van der Waals surface area contributed by atoms with Gasteiger partial charge in [0.2, 0.25) is 0 Å². The maximum atomic E-state index is 5.44. The van der Waals surface area contributed by atoms with E-state index in [-0.39, 0.29) is 5.92 Å². The van der Waals surface area contributed by atoms with E-state index in [0.717, 1.165) is 22.9 Å². The first-order chi connectivity index (χ1) is 11.2. The van der Waals surface area contributed by atoms with Gasteiger partial charge in [-0.05, 0) is 18.3 Å². The number of halogens is 1. The van der Waals surface area contributed by atoms with Crippen LogP contribution in [0.15, 0.2) is 58.2 Å². The van der Waals surface area contributed by atoms with Gasteiger partial charge < -0.3 is 14.8 Å². The molecule has 4 nitrogen and oxygen atoms in total. The second-order valence-electron chi connectivity index (χ2n) is 5.37. The van der Waals surface area contributed by atoms with E-state index >= 15 is 0 Å². The Morgan fingerprint density at radius 1 is 1.17 bits per heavy atom. The molecule has 2 atom stereocenters. The highest BCUT2D eigenvalue weighted by atomic mass is 79.9. The molecule has 0 aromatic heterocycles. The van der Waals surface area contributed by atoms with E-state index in [9.17, 15) is 0 Å². The Kier molecular flexibility index (Phi) is 4.86. The van der Waals surface area contributed by atoms with Gasteiger partial charge in [-0.15, -0.1) is 0 Å². The summed E-state index contributed by atoms with van der Waals surface area (Å²) in [5.41, 5.74) is 1.03. The molecule has 0 saturated carbocycles. The van der Waals surface area contributed by atoms with E-state index < -0.39 is 0 Å². The maximum absolute atomic E-state index is 5.44. The van der Waals surface area contributed by atoms with Crippen LogP contribution in [0.5, 0.6) is 11.5 Å². The SMILES string of the molecule is COc1ccc(CN=C2NC=CC3C(Br)=CC=CC23)c(OC)c1. The summed E-state index contributed by atoms with van der Waals surface area (Å²) in [5, 5.41) is 3.27. The van der Waals surface area contributed by atoms with Crippen LogP contribution in [0.4, 0.5) is 0 Å². The Balaban J connectivity index is 1.82. The van der Waals surface area contributed by atoms with Crippen molar-refractivity contribution in [1.82, 2.24) is 5.32 Å². The van der Waals surface area contributed by atoms with Gasteiger partial charge >= 0.3 is 0 Å². The van der Waals surface area contributed by atoms with Crippen LogP contribution in [0.25, 0.3) is 0 Å². The molecule has 23 heavy (non-hydrogen) atoms. The molecular weight excluding hydrogens is 356 g/mol. The fourth-order valence-electron chi connectivity index (χ4n) is 2.78. The Labute approximate surface area is 144 Å². The molecule has 3 rings (SSSR count). The number of rotatable bonds is 4. The fourth-order valence-corrected chi connectivity index (χ4v) is 3.37. The molecule has 0 spiro atoms. The van der Waals surface area contributed by atoms with Gasteiger partial charge in [0.05, 0.1) is 20.8 Å². The number of methoxy groups -OCH3 is 2. The second kappa shape index (κ2) is 7.04. The third-order valence-corrected chi connectivity index (χ3v) is 4.84. The van der Waals surface area contributed by atoms with Crippen molar-refractivity contribution in [1.29, 1.82) is 0 Å². The van der Waals surface area contributed by atoms with Gasteiger partial charge in [0.15, 0.2) is 0 Å². The molecule has 1 aromatic rings. The quantitative estimate of drug-likeness (QED) is 0.871. The molecule has 1 aliphatic heterocycles. The number of amidine groups is 1. The van der Waals surface area contributed by atoms with Crippen molar-refractivity contribution in [3.8, 4) is 11.5 Å². The van der Waals surface area contributed by atoms with Crippen molar-refractivity contribution in [2.24, 2.45) is 16.8 Å². The number of nitrogens with zero attached hydrogens (tertiary/aromatic N) is 1. The first-order valence-corrected chi connectivity index (χ1v) is 8.24. The highest BCUT2D eigenvalue weighted by Crippen LogP contribution is 2.34. The van der Waals surface area contributed by atoms with E-state index in [4.69, 9.17) is 14.5 Å². The summed E-state index contributed by atoms with van der Waals surface area (Å²) in [4.78, 5) is 4.77. The Bertz CT molecular complexity index is 707. The lowest BCUT2D eigenvalue weighted by Crippen LogP contribution is -2.35. The van der Waals surface area contributed by atoms with E-state index in [1.807, 2.05) is 24.4 Å². The minimum absolute atomic E-state index is 0.239. The molecule has 120 valence electrons. The van der Waals surface area contributed by atoms with Crippen molar-refractivity contribution in [3.63, 3.8) is 0 Å². The van der Waals surface area contributed by atoms with E-state index in [1.54, 1.807) is 14.2 Å². The van der Waals surface area contributed by atoms with Gasteiger partial charge in [0.1, 0.15) is 17.3 Å². The summed E-state index contributed by atoms with van der Waals surface area (Å²) in [6.07, 6.45) is 10.4. The predicted octanol–water partition coefficient (Wildman–Crippen LogP) is 3.80. The number of fused-ring (bicyclic) bond motifs is 1. The molecule has 1 N–H and O–H groups in total. The van der Waals surface area contributed by atoms with E-state index in [0.29, 0.717) is 12.5 Å². The highest BCUT2D eigenvalue weighted by Gasteiger charge is 2.28. The van der Waals surface area contributed by atoms with Crippen LogP contribution in [-0.4, -0.2) is 20.1 Å². The van der Waals surface area contributed by atoms with Gasteiger partial charge in [-0.25, -0.2) is 0 Å². The van der Waals surface area contributed by atoms with Crippen molar-refractivity contribution < 1.29 is 9.47 Å². The number of ether oxygens (including phenoxy) is 2. The third-order valence-electron chi connectivity index (χ3n) is 4.04. The lowest BCUT2D eigenvalue weighted by atomic mass is 9.85. The second-order valence-corrected chi connectivity index (χ2v) is 6.29. The molecule has 5 heteroatoms.